The number of rotatable bonds is 7. The van der Waals surface area contributed by atoms with Crippen LogP contribution in [0.3, 0.4) is 0 Å². The van der Waals surface area contributed by atoms with Crippen molar-refractivity contribution in [2.75, 3.05) is 6.54 Å². The van der Waals surface area contributed by atoms with Crippen molar-refractivity contribution in [2.45, 2.75) is 49.9 Å². The molecule has 8 heteroatoms. The van der Waals surface area contributed by atoms with E-state index in [1.165, 1.54) is 11.8 Å². The Balaban J connectivity index is 1.69. The van der Waals surface area contributed by atoms with Gasteiger partial charge in [-0.1, -0.05) is 42.1 Å². The SMILES string of the molecule is CC(=O)S[C@H](Cc1ccccc1)C(=O)N[C@@H]1CC[C@H]2C[C@H]2N(CC(=O)O)C1=O. The summed E-state index contributed by atoms with van der Waals surface area (Å²) in [6, 6.07) is 8.62. The Morgan fingerprint density at radius 1 is 1.25 bits per heavy atom. The van der Waals surface area contributed by atoms with Crippen LogP contribution in [0.25, 0.3) is 0 Å². The minimum atomic E-state index is -1.06. The normalized spacial score (nSPS) is 24.7. The maximum absolute atomic E-state index is 12.9. The molecule has 0 aromatic heterocycles. The highest BCUT2D eigenvalue weighted by Gasteiger charge is 2.48. The Morgan fingerprint density at radius 2 is 1.96 bits per heavy atom. The molecule has 0 bridgehead atoms. The summed E-state index contributed by atoms with van der Waals surface area (Å²) in [4.78, 5) is 49.8. The van der Waals surface area contributed by atoms with Crippen LogP contribution in [0.15, 0.2) is 30.3 Å². The number of carboxylic acids is 1. The molecule has 1 aromatic rings. The van der Waals surface area contributed by atoms with E-state index >= 15 is 0 Å². The molecule has 28 heavy (non-hydrogen) atoms. The molecule has 2 aliphatic rings. The largest absolute Gasteiger partial charge is 0.480 e. The zero-order valence-electron chi connectivity index (χ0n) is 15.7. The van der Waals surface area contributed by atoms with Gasteiger partial charge in [0.05, 0.1) is 5.25 Å². The van der Waals surface area contributed by atoms with Crippen molar-refractivity contribution in [3.8, 4) is 0 Å². The lowest BCUT2D eigenvalue weighted by Crippen LogP contribution is -2.51. The number of amides is 2. The second-order valence-corrected chi connectivity index (χ2v) is 8.73. The first-order chi connectivity index (χ1) is 13.3. The second kappa shape index (κ2) is 8.77. The van der Waals surface area contributed by atoms with Crippen LogP contribution < -0.4 is 5.32 Å². The predicted molar refractivity (Wildman–Crippen MR) is 105 cm³/mol. The standard InChI is InChI=1S/C20H24N2O5S/c1-12(23)28-17(9-13-5-3-2-4-6-13)19(26)21-15-8-7-14-10-16(14)22(20(15)27)11-18(24)25/h2-6,14-17H,7-11H2,1H3,(H,21,26)(H,24,25)/t14-,15+,16+,17+/m0/s1. The van der Waals surface area contributed by atoms with Gasteiger partial charge in [0.15, 0.2) is 5.12 Å². The first-order valence-corrected chi connectivity index (χ1v) is 10.3. The van der Waals surface area contributed by atoms with Gasteiger partial charge in [0, 0.05) is 13.0 Å². The molecule has 1 aliphatic heterocycles. The smallest absolute Gasteiger partial charge is 0.323 e. The summed E-state index contributed by atoms with van der Waals surface area (Å²) in [6.07, 6.45) is 2.48. The lowest BCUT2D eigenvalue weighted by molar-refractivity contribution is -0.146. The van der Waals surface area contributed by atoms with Gasteiger partial charge in [0.1, 0.15) is 12.6 Å². The third-order valence-electron chi connectivity index (χ3n) is 5.18. The van der Waals surface area contributed by atoms with Gasteiger partial charge in [0.25, 0.3) is 0 Å². The van der Waals surface area contributed by atoms with E-state index in [1.54, 1.807) is 0 Å². The number of carbonyl (C=O) groups is 4. The van der Waals surface area contributed by atoms with Gasteiger partial charge in [-0.2, -0.15) is 0 Å². The molecule has 0 radical (unpaired) electrons. The van der Waals surface area contributed by atoms with Crippen molar-refractivity contribution in [1.82, 2.24) is 10.2 Å². The number of hydrogen-bond donors (Lipinski definition) is 2. The maximum Gasteiger partial charge on any atom is 0.323 e. The molecular weight excluding hydrogens is 380 g/mol. The highest BCUT2D eigenvalue weighted by molar-refractivity contribution is 8.14. The first kappa shape index (κ1) is 20.4. The topological polar surface area (TPSA) is 104 Å². The molecule has 1 heterocycles. The molecule has 7 nitrogen and oxygen atoms in total. The van der Waals surface area contributed by atoms with Crippen LogP contribution in [0.4, 0.5) is 0 Å². The number of fused-ring (bicyclic) bond motifs is 1. The molecule has 3 rings (SSSR count). The molecule has 4 atom stereocenters. The fourth-order valence-electron chi connectivity index (χ4n) is 3.75. The van der Waals surface area contributed by atoms with E-state index < -0.39 is 17.3 Å². The third-order valence-corrected chi connectivity index (χ3v) is 6.18. The first-order valence-electron chi connectivity index (χ1n) is 9.39. The quantitative estimate of drug-likeness (QED) is 0.713. The number of nitrogens with one attached hydrogen (secondary N) is 1. The number of thioether (sulfide) groups is 1. The minimum Gasteiger partial charge on any atom is -0.480 e. The van der Waals surface area contributed by atoms with E-state index in [-0.39, 0.29) is 29.5 Å². The summed E-state index contributed by atoms with van der Waals surface area (Å²) < 4.78 is 0. The van der Waals surface area contributed by atoms with Gasteiger partial charge < -0.3 is 15.3 Å². The molecule has 1 saturated heterocycles. The average Bonchev–Trinajstić information content (AvgIpc) is 3.42. The van der Waals surface area contributed by atoms with E-state index in [2.05, 4.69) is 5.32 Å². The summed E-state index contributed by atoms with van der Waals surface area (Å²) in [6.45, 7) is 1.07. The van der Waals surface area contributed by atoms with E-state index in [4.69, 9.17) is 5.11 Å². The van der Waals surface area contributed by atoms with Crippen LogP contribution in [-0.2, 0) is 25.6 Å². The Hall–Kier alpha value is -2.35. The van der Waals surface area contributed by atoms with Gasteiger partial charge in [-0.05, 0) is 37.2 Å². The van der Waals surface area contributed by atoms with E-state index in [1.807, 2.05) is 30.3 Å². The number of nitrogens with zero attached hydrogens (tertiary/aromatic N) is 1. The monoisotopic (exact) mass is 404 g/mol. The second-order valence-electron chi connectivity index (χ2n) is 7.35. The fourth-order valence-corrected chi connectivity index (χ4v) is 4.60. The lowest BCUT2D eigenvalue weighted by atomic mass is 10.1. The van der Waals surface area contributed by atoms with Crippen LogP contribution in [0, 0.1) is 5.92 Å². The van der Waals surface area contributed by atoms with Crippen molar-refractivity contribution in [3.05, 3.63) is 35.9 Å². The van der Waals surface area contributed by atoms with Crippen molar-refractivity contribution >= 4 is 34.7 Å². The number of hydrogen-bond acceptors (Lipinski definition) is 5. The van der Waals surface area contributed by atoms with Crippen LogP contribution in [0.1, 0.15) is 31.7 Å². The fraction of sp³-hybridized carbons (Fsp3) is 0.500. The van der Waals surface area contributed by atoms with Crippen LogP contribution >= 0.6 is 11.8 Å². The number of benzene rings is 1. The molecular formula is C20H24N2O5S. The molecule has 1 saturated carbocycles. The Bertz CT molecular complexity index is 769. The van der Waals surface area contributed by atoms with Gasteiger partial charge in [0.2, 0.25) is 11.8 Å². The molecule has 2 amide bonds. The lowest BCUT2D eigenvalue weighted by Gasteiger charge is -2.26. The van der Waals surface area contributed by atoms with E-state index in [0.29, 0.717) is 18.8 Å². The predicted octanol–water partition coefficient (Wildman–Crippen LogP) is 1.46. The van der Waals surface area contributed by atoms with E-state index in [0.717, 1.165) is 30.2 Å². The number of carbonyl (C=O) groups excluding carboxylic acids is 3. The third kappa shape index (κ3) is 5.13. The van der Waals surface area contributed by atoms with Gasteiger partial charge >= 0.3 is 5.97 Å². The number of likely N-dealkylation sites (tertiary alicyclic amines) is 1. The van der Waals surface area contributed by atoms with Crippen LogP contribution in [0.2, 0.25) is 0 Å². The van der Waals surface area contributed by atoms with Crippen molar-refractivity contribution in [3.63, 3.8) is 0 Å². The summed E-state index contributed by atoms with van der Waals surface area (Å²) in [5.41, 5.74) is 0.928. The zero-order valence-corrected chi connectivity index (χ0v) is 16.5. The summed E-state index contributed by atoms with van der Waals surface area (Å²) >= 11 is 0.948. The average molecular weight is 404 g/mol. The van der Waals surface area contributed by atoms with Gasteiger partial charge in [-0.15, -0.1) is 0 Å². The maximum atomic E-state index is 12.9. The minimum absolute atomic E-state index is 0.0304. The van der Waals surface area contributed by atoms with Crippen LogP contribution in [-0.4, -0.2) is 56.8 Å². The molecule has 0 spiro atoms. The highest BCUT2D eigenvalue weighted by atomic mass is 32.2. The van der Waals surface area contributed by atoms with Crippen molar-refractivity contribution in [2.24, 2.45) is 5.92 Å². The summed E-state index contributed by atoms with van der Waals surface area (Å²) in [7, 11) is 0. The molecule has 1 aliphatic carbocycles. The Kier molecular flexibility index (Phi) is 6.39. The Morgan fingerprint density at radius 3 is 2.61 bits per heavy atom. The van der Waals surface area contributed by atoms with Crippen LogP contribution in [0.5, 0.6) is 0 Å². The van der Waals surface area contributed by atoms with Crippen molar-refractivity contribution < 1.29 is 24.3 Å². The summed E-state index contributed by atoms with van der Waals surface area (Å²) in [5, 5.41) is 11.1. The van der Waals surface area contributed by atoms with E-state index in [9.17, 15) is 19.2 Å². The highest BCUT2D eigenvalue weighted by Crippen LogP contribution is 2.42. The van der Waals surface area contributed by atoms with Gasteiger partial charge in [-0.3, -0.25) is 19.2 Å². The zero-order chi connectivity index (χ0) is 20.3. The summed E-state index contributed by atoms with van der Waals surface area (Å²) in [5.74, 6) is -1.45. The molecule has 150 valence electrons. The Labute approximate surface area is 167 Å². The molecule has 0 unspecified atom stereocenters. The van der Waals surface area contributed by atoms with Gasteiger partial charge in [-0.25, -0.2) is 0 Å². The van der Waals surface area contributed by atoms with Crippen molar-refractivity contribution in [1.29, 1.82) is 0 Å². The molecule has 2 fully saturated rings. The number of carboxylic acid groups (broad SMARTS) is 1. The molecule has 1 aromatic carbocycles. The number of aliphatic carboxylic acids is 1. The molecule has 2 N–H and O–H groups in total.